The van der Waals surface area contributed by atoms with Crippen LogP contribution in [0.15, 0.2) is 12.1 Å². The molecule has 0 amide bonds. The fourth-order valence-electron chi connectivity index (χ4n) is 1.84. The molecule has 0 spiro atoms. The third-order valence-electron chi connectivity index (χ3n) is 2.84. The minimum Gasteiger partial charge on any atom is -0.399 e. The Hall–Kier alpha value is -1.00. The number of aromatic nitrogens is 1. The van der Waals surface area contributed by atoms with E-state index in [1.165, 1.54) is 0 Å². The van der Waals surface area contributed by atoms with Gasteiger partial charge in [-0.2, -0.15) is 0 Å². The third kappa shape index (κ3) is 2.77. The van der Waals surface area contributed by atoms with Gasteiger partial charge in [-0.25, -0.2) is 4.98 Å². The van der Waals surface area contributed by atoms with E-state index in [4.69, 9.17) is 22.1 Å². The zero-order valence-corrected chi connectivity index (χ0v) is 10.0. The summed E-state index contributed by atoms with van der Waals surface area (Å²) < 4.78 is 5.34. The van der Waals surface area contributed by atoms with Gasteiger partial charge in [-0.3, -0.25) is 0 Å². The topological polar surface area (TPSA) is 60.2 Å². The number of nitrogens with zero attached hydrogens (tertiary/aromatic N) is 1. The van der Waals surface area contributed by atoms with E-state index in [0.717, 1.165) is 31.9 Å². The fraction of sp³-hybridized carbons (Fsp3) is 0.545. The first-order valence-corrected chi connectivity index (χ1v) is 5.74. The molecule has 4 nitrogen and oxygen atoms in total. The van der Waals surface area contributed by atoms with Crippen LogP contribution >= 0.6 is 11.6 Å². The predicted octanol–water partition coefficient (Wildman–Crippen LogP) is 2.30. The molecule has 0 aromatic carbocycles. The summed E-state index contributed by atoms with van der Waals surface area (Å²) in [7, 11) is 0. The number of anilines is 2. The molecule has 2 heterocycles. The Labute approximate surface area is 100 Å². The lowest BCUT2D eigenvalue weighted by molar-refractivity contribution is 0.0657. The molecular formula is C11H16ClN3O. The zero-order valence-electron chi connectivity index (χ0n) is 9.29. The maximum atomic E-state index is 5.86. The van der Waals surface area contributed by atoms with E-state index in [2.05, 4.69) is 17.2 Å². The van der Waals surface area contributed by atoms with Crippen molar-refractivity contribution in [2.24, 2.45) is 0 Å². The maximum absolute atomic E-state index is 5.86. The second kappa shape index (κ2) is 4.47. The number of nitrogens with two attached hydrogens (primary N) is 1. The van der Waals surface area contributed by atoms with Gasteiger partial charge in [0.15, 0.2) is 0 Å². The standard InChI is InChI=1S/C11H16ClN3O/c1-11(2-4-16-5-3-11)15-10-7-8(13)6-9(12)14-10/h6-7H,2-5H2,1H3,(H3,13,14,15). The first-order valence-electron chi connectivity index (χ1n) is 5.36. The molecule has 1 saturated heterocycles. The lowest BCUT2D eigenvalue weighted by Crippen LogP contribution is -2.40. The van der Waals surface area contributed by atoms with Crippen molar-refractivity contribution in [3.63, 3.8) is 0 Å². The number of nitrogen functional groups attached to an aromatic ring is 1. The average molecular weight is 242 g/mol. The molecule has 88 valence electrons. The molecule has 2 rings (SSSR count). The van der Waals surface area contributed by atoms with Crippen molar-refractivity contribution in [3.05, 3.63) is 17.3 Å². The normalized spacial score (nSPS) is 19.4. The molecule has 5 heteroatoms. The molecule has 0 atom stereocenters. The number of rotatable bonds is 2. The number of hydrogen-bond acceptors (Lipinski definition) is 4. The SMILES string of the molecule is CC1(Nc2cc(N)cc(Cl)n2)CCOCC1. The van der Waals surface area contributed by atoms with Crippen LogP contribution in [-0.2, 0) is 4.74 Å². The van der Waals surface area contributed by atoms with Gasteiger partial charge in [0.25, 0.3) is 0 Å². The van der Waals surface area contributed by atoms with Crippen molar-refractivity contribution in [2.45, 2.75) is 25.3 Å². The molecule has 1 fully saturated rings. The van der Waals surface area contributed by atoms with Crippen molar-refractivity contribution in [1.82, 2.24) is 4.98 Å². The van der Waals surface area contributed by atoms with E-state index in [1.54, 1.807) is 12.1 Å². The molecule has 0 radical (unpaired) electrons. The van der Waals surface area contributed by atoms with Crippen LogP contribution in [0.1, 0.15) is 19.8 Å². The molecule has 0 unspecified atom stereocenters. The number of hydrogen-bond donors (Lipinski definition) is 2. The highest BCUT2D eigenvalue weighted by Gasteiger charge is 2.27. The Morgan fingerprint density at radius 3 is 2.75 bits per heavy atom. The Morgan fingerprint density at radius 1 is 1.44 bits per heavy atom. The monoisotopic (exact) mass is 241 g/mol. The lowest BCUT2D eigenvalue weighted by Gasteiger charge is -2.35. The van der Waals surface area contributed by atoms with Gasteiger partial charge in [0.2, 0.25) is 0 Å². The van der Waals surface area contributed by atoms with Crippen molar-refractivity contribution < 1.29 is 4.74 Å². The molecule has 0 bridgehead atoms. The summed E-state index contributed by atoms with van der Waals surface area (Å²) in [5.41, 5.74) is 6.36. The van der Waals surface area contributed by atoms with Crippen molar-refractivity contribution in [1.29, 1.82) is 0 Å². The van der Waals surface area contributed by atoms with Crippen LogP contribution in [0.3, 0.4) is 0 Å². The van der Waals surface area contributed by atoms with E-state index in [9.17, 15) is 0 Å². The third-order valence-corrected chi connectivity index (χ3v) is 3.04. The molecule has 0 aliphatic carbocycles. The summed E-state index contributed by atoms with van der Waals surface area (Å²) in [6.07, 6.45) is 1.92. The van der Waals surface area contributed by atoms with Crippen LogP contribution in [-0.4, -0.2) is 23.7 Å². The van der Waals surface area contributed by atoms with E-state index in [0.29, 0.717) is 10.8 Å². The van der Waals surface area contributed by atoms with E-state index >= 15 is 0 Å². The summed E-state index contributed by atoms with van der Waals surface area (Å²) in [4.78, 5) is 4.21. The number of halogens is 1. The Kier molecular flexibility index (Phi) is 3.21. The van der Waals surface area contributed by atoms with Gasteiger partial charge < -0.3 is 15.8 Å². The van der Waals surface area contributed by atoms with E-state index in [-0.39, 0.29) is 5.54 Å². The van der Waals surface area contributed by atoms with Crippen molar-refractivity contribution in [2.75, 3.05) is 24.3 Å². The first-order chi connectivity index (χ1) is 7.57. The van der Waals surface area contributed by atoms with Gasteiger partial charge in [0.05, 0.1) is 0 Å². The van der Waals surface area contributed by atoms with Gasteiger partial charge in [0.1, 0.15) is 11.0 Å². The highest BCUT2D eigenvalue weighted by molar-refractivity contribution is 6.29. The molecular weight excluding hydrogens is 226 g/mol. The fourth-order valence-corrected chi connectivity index (χ4v) is 2.05. The summed E-state index contributed by atoms with van der Waals surface area (Å²) >= 11 is 5.86. The quantitative estimate of drug-likeness (QED) is 0.780. The number of ether oxygens (including phenoxy) is 1. The second-order valence-corrected chi connectivity index (χ2v) is 4.79. The highest BCUT2D eigenvalue weighted by Crippen LogP contribution is 2.26. The zero-order chi connectivity index (χ0) is 11.6. The maximum Gasteiger partial charge on any atom is 0.133 e. The highest BCUT2D eigenvalue weighted by atomic mass is 35.5. The summed E-state index contributed by atoms with van der Waals surface area (Å²) in [5, 5.41) is 3.80. The molecule has 1 aliphatic heterocycles. The summed E-state index contributed by atoms with van der Waals surface area (Å²) in [6.45, 7) is 3.72. The van der Waals surface area contributed by atoms with E-state index in [1.807, 2.05) is 0 Å². The average Bonchev–Trinajstić information content (AvgIpc) is 2.15. The molecule has 1 aliphatic rings. The molecule has 3 N–H and O–H groups in total. The molecule has 1 aromatic rings. The Morgan fingerprint density at radius 2 is 2.12 bits per heavy atom. The van der Waals surface area contributed by atoms with Crippen molar-refractivity contribution in [3.8, 4) is 0 Å². The molecule has 0 saturated carbocycles. The predicted molar refractivity (Wildman–Crippen MR) is 65.7 cm³/mol. The second-order valence-electron chi connectivity index (χ2n) is 4.41. The Bertz CT molecular complexity index is 357. The van der Waals surface area contributed by atoms with Crippen molar-refractivity contribution >= 4 is 23.1 Å². The van der Waals surface area contributed by atoms with Crippen LogP contribution in [0, 0.1) is 0 Å². The number of nitrogens with one attached hydrogen (secondary N) is 1. The smallest absolute Gasteiger partial charge is 0.133 e. The van der Waals surface area contributed by atoms with Gasteiger partial charge in [-0.15, -0.1) is 0 Å². The summed E-state index contributed by atoms with van der Waals surface area (Å²) in [5.74, 6) is 0.731. The van der Waals surface area contributed by atoms with Gasteiger partial charge >= 0.3 is 0 Å². The minimum absolute atomic E-state index is 0.0162. The van der Waals surface area contributed by atoms with Gasteiger partial charge in [-0.05, 0) is 25.8 Å². The molecule has 16 heavy (non-hydrogen) atoms. The van der Waals surface area contributed by atoms with Crippen LogP contribution in [0.5, 0.6) is 0 Å². The molecule has 1 aromatic heterocycles. The number of pyridine rings is 1. The first kappa shape index (κ1) is 11.5. The van der Waals surface area contributed by atoms with E-state index < -0.39 is 0 Å². The largest absolute Gasteiger partial charge is 0.399 e. The summed E-state index contributed by atoms with van der Waals surface area (Å²) in [6, 6.07) is 3.44. The van der Waals surface area contributed by atoms with Crippen LogP contribution in [0.4, 0.5) is 11.5 Å². The van der Waals surface area contributed by atoms with Crippen LogP contribution in [0.25, 0.3) is 0 Å². The van der Waals surface area contributed by atoms with Crippen LogP contribution in [0.2, 0.25) is 5.15 Å². The lowest BCUT2D eigenvalue weighted by atomic mass is 9.92. The van der Waals surface area contributed by atoms with Gasteiger partial charge in [-0.1, -0.05) is 11.6 Å². The minimum atomic E-state index is 0.0162. The van der Waals surface area contributed by atoms with Gasteiger partial charge in [0, 0.05) is 30.5 Å². The van der Waals surface area contributed by atoms with Crippen LogP contribution < -0.4 is 11.1 Å². The Balaban J connectivity index is 2.13.